The van der Waals surface area contributed by atoms with E-state index in [4.69, 9.17) is 9.84 Å². The van der Waals surface area contributed by atoms with Crippen molar-refractivity contribution in [3.05, 3.63) is 35.9 Å². The largest absolute Gasteiger partial charge is 0.481 e. The molecule has 0 spiro atoms. The number of likely N-dealkylation sites (tertiary alicyclic amines) is 1. The summed E-state index contributed by atoms with van der Waals surface area (Å²) >= 11 is 0. The lowest BCUT2D eigenvalue weighted by molar-refractivity contribution is -0.138. The van der Waals surface area contributed by atoms with E-state index in [2.05, 4.69) is 0 Å². The first kappa shape index (κ1) is 16.3. The number of carboxylic acid groups (broad SMARTS) is 1. The van der Waals surface area contributed by atoms with Crippen molar-refractivity contribution < 1.29 is 19.4 Å². The number of aliphatic carboxylic acids is 1. The van der Waals surface area contributed by atoms with E-state index in [9.17, 15) is 9.59 Å². The molecule has 1 N–H and O–H groups in total. The minimum Gasteiger partial charge on any atom is -0.481 e. The van der Waals surface area contributed by atoms with Gasteiger partial charge in [-0.1, -0.05) is 37.3 Å². The van der Waals surface area contributed by atoms with Gasteiger partial charge in [0.05, 0.1) is 0 Å². The van der Waals surface area contributed by atoms with Gasteiger partial charge in [0.2, 0.25) is 0 Å². The number of carbonyl (C=O) groups is 2. The van der Waals surface area contributed by atoms with Crippen molar-refractivity contribution in [3.63, 3.8) is 0 Å². The zero-order valence-electron chi connectivity index (χ0n) is 12.9. The van der Waals surface area contributed by atoms with Crippen molar-refractivity contribution in [2.75, 3.05) is 6.54 Å². The SMILES string of the molecule is CCC1CC(CC(=O)O)CCN1C(=O)OCc1ccccc1. The molecule has 2 unspecified atom stereocenters. The van der Waals surface area contributed by atoms with E-state index in [0.29, 0.717) is 6.54 Å². The molecule has 1 aromatic rings. The van der Waals surface area contributed by atoms with Crippen LogP contribution in [0.15, 0.2) is 30.3 Å². The van der Waals surface area contributed by atoms with E-state index in [1.165, 1.54) is 0 Å². The summed E-state index contributed by atoms with van der Waals surface area (Å²) in [5.41, 5.74) is 0.963. The Labute approximate surface area is 130 Å². The lowest BCUT2D eigenvalue weighted by Crippen LogP contribution is -2.46. The van der Waals surface area contributed by atoms with Crippen LogP contribution in [0.1, 0.15) is 38.2 Å². The maximum Gasteiger partial charge on any atom is 0.410 e. The molecule has 5 nitrogen and oxygen atoms in total. The Hall–Kier alpha value is -2.04. The molecule has 1 saturated heterocycles. The highest BCUT2D eigenvalue weighted by Gasteiger charge is 2.32. The maximum absolute atomic E-state index is 12.3. The van der Waals surface area contributed by atoms with E-state index < -0.39 is 5.97 Å². The summed E-state index contributed by atoms with van der Waals surface area (Å²) in [5.74, 6) is -0.611. The molecule has 120 valence electrons. The maximum atomic E-state index is 12.3. The monoisotopic (exact) mass is 305 g/mol. The van der Waals surface area contributed by atoms with Crippen LogP contribution in [0.2, 0.25) is 0 Å². The Morgan fingerprint density at radius 2 is 2.05 bits per heavy atom. The van der Waals surface area contributed by atoms with Gasteiger partial charge in [-0.3, -0.25) is 4.79 Å². The van der Waals surface area contributed by atoms with Crippen molar-refractivity contribution in [2.24, 2.45) is 5.92 Å². The summed E-state index contributed by atoms with van der Waals surface area (Å²) in [6.45, 7) is 2.86. The number of carbonyl (C=O) groups excluding carboxylic acids is 1. The Balaban J connectivity index is 1.88. The van der Waals surface area contributed by atoms with Crippen molar-refractivity contribution in [1.29, 1.82) is 0 Å². The number of ether oxygens (including phenoxy) is 1. The summed E-state index contributed by atoms with van der Waals surface area (Å²) in [5, 5.41) is 8.90. The standard InChI is InChI=1S/C17H23NO4/c1-2-15-10-14(11-16(19)20)8-9-18(15)17(21)22-12-13-6-4-3-5-7-13/h3-7,14-15H,2,8-12H2,1H3,(H,19,20). The van der Waals surface area contributed by atoms with Crippen LogP contribution in [0, 0.1) is 5.92 Å². The van der Waals surface area contributed by atoms with Crippen LogP contribution in [0.25, 0.3) is 0 Å². The summed E-state index contributed by atoms with van der Waals surface area (Å²) in [4.78, 5) is 24.8. The Morgan fingerprint density at radius 1 is 1.32 bits per heavy atom. The summed E-state index contributed by atoms with van der Waals surface area (Å²) in [7, 11) is 0. The number of hydrogen-bond donors (Lipinski definition) is 1. The fraction of sp³-hybridized carbons (Fsp3) is 0.529. The fourth-order valence-corrected chi connectivity index (χ4v) is 3.00. The van der Waals surface area contributed by atoms with Crippen LogP contribution in [-0.4, -0.2) is 34.7 Å². The molecule has 0 aliphatic carbocycles. The summed E-state index contributed by atoms with van der Waals surface area (Å²) in [6.07, 6.45) is 2.16. The van der Waals surface area contributed by atoms with Crippen molar-refractivity contribution in [1.82, 2.24) is 4.90 Å². The molecule has 5 heteroatoms. The van der Waals surface area contributed by atoms with Crippen LogP contribution >= 0.6 is 0 Å². The van der Waals surface area contributed by atoms with Gasteiger partial charge in [0.1, 0.15) is 6.61 Å². The highest BCUT2D eigenvalue weighted by molar-refractivity contribution is 5.69. The number of carboxylic acids is 1. The van der Waals surface area contributed by atoms with Gasteiger partial charge in [0, 0.05) is 19.0 Å². The third-order valence-corrected chi connectivity index (χ3v) is 4.20. The summed E-state index contributed by atoms with van der Waals surface area (Å²) in [6, 6.07) is 9.66. The fourth-order valence-electron chi connectivity index (χ4n) is 3.00. The molecule has 0 saturated carbocycles. The molecule has 1 amide bonds. The topological polar surface area (TPSA) is 66.8 Å². The molecule has 1 heterocycles. The molecular formula is C17H23NO4. The van der Waals surface area contributed by atoms with Gasteiger partial charge in [0.25, 0.3) is 0 Å². The molecule has 1 aromatic carbocycles. The second-order valence-electron chi connectivity index (χ2n) is 5.78. The first-order chi connectivity index (χ1) is 10.6. The predicted octanol–water partition coefficient (Wildman–Crippen LogP) is 3.29. The molecule has 1 aliphatic rings. The van der Waals surface area contributed by atoms with Gasteiger partial charge in [-0.05, 0) is 30.7 Å². The minimum atomic E-state index is -0.764. The van der Waals surface area contributed by atoms with Gasteiger partial charge in [0.15, 0.2) is 0 Å². The van der Waals surface area contributed by atoms with E-state index in [1.807, 2.05) is 37.3 Å². The van der Waals surface area contributed by atoms with Gasteiger partial charge < -0.3 is 14.7 Å². The molecule has 1 fully saturated rings. The van der Waals surface area contributed by atoms with E-state index in [0.717, 1.165) is 24.8 Å². The van der Waals surface area contributed by atoms with Crippen molar-refractivity contribution in [2.45, 2.75) is 45.3 Å². The number of piperidine rings is 1. The van der Waals surface area contributed by atoms with Crippen LogP contribution in [-0.2, 0) is 16.1 Å². The quantitative estimate of drug-likeness (QED) is 0.906. The molecule has 22 heavy (non-hydrogen) atoms. The molecule has 0 aromatic heterocycles. The highest BCUT2D eigenvalue weighted by Crippen LogP contribution is 2.28. The number of rotatable bonds is 5. The Kier molecular flexibility index (Phi) is 5.81. The van der Waals surface area contributed by atoms with Gasteiger partial charge >= 0.3 is 12.1 Å². The second kappa shape index (κ2) is 7.82. The zero-order chi connectivity index (χ0) is 15.9. The molecular weight excluding hydrogens is 282 g/mol. The zero-order valence-corrected chi connectivity index (χ0v) is 12.9. The molecule has 0 radical (unpaired) electrons. The lowest BCUT2D eigenvalue weighted by atomic mass is 9.87. The number of benzene rings is 1. The van der Waals surface area contributed by atoms with Crippen LogP contribution in [0.5, 0.6) is 0 Å². The average Bonchev–Trinajstić information content (AvgIpc) is 2.53. The number of nitrogens with zero attached hydrogens (tertiary/aromatic N) is 1. The second-order valence-corrected chi connectivity index (χ2v) is 5.78. The molecule has 2 rings (SSSR count). The first-order valence-electron chi connectivity index (χ1n) is 7.79. The predicted molar refractivity (Wildman–Crippen MR) is 82.4 cm³/mol. The van der Waals surface area contributed by atoms with Crippen LogP contribution < -0.4 is 0 Å². The smallest absolute Gasteiger partial charge is 0.410 e. The van der Waals surface area contributed by atoms with E-state index >= 15 is 0 Å². The molecule has 2 atom stereocenters. The van der Waals surface area contributed by atoms with Crippen LogP contribution in [0.3, 0.4) is 0 Å². The van der Waals surface area contributed by atoms with Crippen LogP contribution in [0.4, 0.5) is 4.79 Å². The Bertz CT molecular complexity index is 503. The van der Waals surface area contributed by atoms with E-state index in [-0.39, 0.29) is 31.1 Å². The van der Waals surface area contributed by atoms with Gasteiger partial charge in [-0.2, -0.15) is 0 Å². The minimum absolute atomic E-state index is 0.0707. The van der Waals surface area contributed by atoms with Gasteiger partial charge in [-0.25, -0.2) is 4.79 Å². The third kappa shape index (κ3) is 4.48. The first-order valence-corrected chi connectivity index (χ1v) is 7.79. The number of amides is 1. The van der Waals surface area contributed by atoms with Gasteiger partial charge in [-0.15, -0.1) is 0 Å². The van der Waals surface area contributed by atoms with Crippen molar-refractivity contribution in [3.8, 4) is 0 Å². The van der Waals surface area contributed by atoms with Crippen molar-refractivity contribution >= 4 is 12.1 Å². The molecule has 0 bridgehead atoms. The molecule has 1 aliphatic heterocycles. The number of hydrogen-bond acceptors (Lipinski definition) is 3. The highest BCUT2D eigenvalue weighted by atomic mass is 16.6. The Morgan fingerprint density at radius 3 is 2.68 bits per heavy atom. The third-order valence-electron chi connectivity index (χ3n) is 4.20. The summed E-state index contributed by atoms with van der Waals surface area (Å²) < 4.78 is 5.39. The average molecular weight is 305 g/mol. The lowest BCUT2D eigenvalue weighted by Gasteiger charge is -2.38. The van der Waals surface area contributed by atoms with E-state index in [1.54, 1.807) is 4.90 Å². The normalized spacial score (nSPS) is 21.4.